The van der Waals surface area contributed by atoms with Gasteiger partial charge in [0, 0.05) is 12.8 Å². The molecule has 0 aliphatic carbocycles. The standard InChI is InChI=1S/C48H93NO5/c1-3-5-7-9-11-13-15-22-26-30-34-38-42-48(53)54-43-39-35-31-27-23-19-17-16-18-21-25-29-33-37-41-47(52)49-45(44-50)46(51)40-36-32-28-24-20-14-12-10-8-6-4-2/h11,13,45-46,50-51H,3-10,12,14-44H2,1-2H3,(H,49,52)/b13-11-. The number of unbranched alkanes of at least 4 members (excludes halogenated alkanes) is 31. The van der Waals surface area contributed by atoms with E-state index < -0.39 is 12.1 Å². The number of allylic oxidation sites excluding steroid dienone is 2. The van der Waals surface area contributed by atoms with Crippen LogP contribution in [-0.4, -0.2) is 47.4 Å². The summed E-state index contributed by atoms with van der Waals surface area (Å²) in [5.41, 5.74) is 0. The molecule has 0 bridgehead atoms. The van der Waals surface area contributed by atoms with Crippen LogP contribution in [-0.2, 0) is 14.3 Å². The number of aliphatic hydroxyl groups excluding tert-OH is 2. The average molecular weight is 764 g/mol. The van der Waals surface area contributed by atoms with Crippen LogP contribution in [0.5, 0.6) is 0 Å². The zero-order valence-electron chi connectivity index (χ0n) is 36.2. The number of ether oxygens (including phenoxy) is 1. The number of hydrogen-bond donors (Lipinski definition) is 3. The van der Waals surface area contributed by atoms with Gasteiger partial charge in [-0.2, -0.15) is 0 Å². The van der Waals surface area contributed by atoms with Gasteiger partial charge in [0.25, 0.3) is 0 Å². The fourth-order valence-electron chi connectivity index (χ4n) is 7.34. The first-order valence-electron chi connectivity index (χ1n) is 23.9. The Balaban J connectivity index is 3.44. The first-order valence-corrected chi connectivity index (χ1v) is 23.9. The van der Waals surface area contributed by atoms with Crippen molar-refractivity contribution in [2.75, 3.05) is 13.2 Å². The quantitative estimate of drug-likeness (QED) is 0.0326. The highest BCUT2D eigenvalue weighted by Crippen LogP contribution is 2.16. The molecule has 3 N–H and O–H groups in total. The van der Waals surface area contributed by atoms with Gasteiger partial charge < -0.3 is 20.3 Å². The number of carbonyl (C=O) groups excluding carboxylic acids is 2. The van der Waals surface area contributed by atoms with E-state index in [1.54, 1.807) is 0 Å². The predicted molar refractivity (Wildman–Crippen MR) is 232 cm³/mol. The summed E-state index contributed by atoms with van der Waals surface area (Å²) in [4.78, 5) is 24.4. The molecule has 0 aliphatic heterocycles. The van der Waals surface area contributed by atoms with E-state index in [1.807, 2.05) is 0 Å². The molecule has 1 amide bonds. The van der Waals surface area contributed by atoms with Gasteiger partial charge >= 0.3 is 5.97 Å². The van der Waals surface area contributed by atoms with E-state index in [2.05, 4.69) is 31.3 Å². The number of rotatable bonds is 44. The second kappa shape index (κ2) is 44.3. The second-order valence-corrected chi connectivity index (χ2v) is 16.4. The van der Waals surface area contributed by atoms with Crippen LogP contribution < -0.4 is 5.32 Å². The van der Waals surface area contributed by atoms with Crippen molar-refractivity contribution in [1.29, 1.82) is 0 Å². The van der Waals surface area contributed by atoms with Crippen LogP contribution >= 0.6 is 0 Å². The van der Waals surface area contributed by atoms with Gasteiger partial charge in [0.05, 0.1) is 25.4 Å². The fraction of sp³-hybridized carbons (Fsp3) is 0.917. The predicted octanol–water partition coefficient (Wildman–Crippen LogP) is 13.8. The lowest BCUT2D eigenvalue weighted by Crippen LogP contribution is -2.45. The molecule has 0 saturated heterocycles. The third kappa shape index (κ3) is 40.3. The molecular weight excluding hydrogens is 671 g/mol. The number of aliphatic hydroxyl groups is 2. The zero-order valence-corrected chi connectivity index (χ0v) is 36.2. The topological polar surface area (TPSA) is 95.9 Å². The number of hydrogen-bond acceptors (Lipinski definition) is 5. The lowest BCUT2D eigenvalue weighted by Gasteiger charge is -2.22. The highest BCUT2D eigenvalue weighted by Gasteiger charge is 2.20. The lowest BCUT2D eigenvalue weighted by atomic mass is 10.0. The molecule has 2 unspecified atom stereocenters. The van der Waals surface area contributed by atoms with Crippen molar-refractivity contribution >= 4 is 11.9 Å². The van der Waals surface area contributed by atoms with Crippen molar-refractivity contribution in [2.45, 2.75) is 270 Å². The molecule has 0 rings (SSSR count). The van der Waals surface area contributed by atoms with Crippen molar-refractivity contribution in [3.05, 3.63) is 12.2 Å². The largest absolute Gasteiger partial charge is 0.466 e. The van der Waals surface area contributed by atoms with E-state index in [1.165, 1.54) is 173 Å². The van der Waals surface area contributed by atoms with Crippen LogP contribution in [0.3, 0.4) is 0 Å². The highest BCUT2D eigenvalue weighted by molar-refractivity contribution is 5.76. The van der Waals surface area contributed by atoms with Crippen molar-refractivity contribution in [3.8, 4) is 0 Å². The maximum absolute atomic E-state index is 12.4. The van der Waals surface area contributed by atoms with Crippen molar-refractivity contribution in [2.24, 2.45) is 0 Å². The third-order valence-electron chi connectivity index (χ3n) is 11.1. The summed E-state index contributed by atoms with van der Waals surface area (Å²) in [5.74, 6) is -0.0595. The number of esters is 1. The molecule has 54 heavy (non-hydrogen) atoms. The summed E-state index contributed by atoms with van der Waals surface area (Å²) in [6.45, 7) is 4.89. The summed E-state index contributed by atoms with van der Waals surface area (Å²) < 4.78 is 5.44. The van der Waals surface area contributed by atoms with Crippen LogP contribution in [0.25, 0.3) is 0 Å². The van der Waals surface area contributed by atoms with E-state index in [9.17, 15) is 19.8 Å². The Kier molecular flexibility index (Phi) is 43.2. The molecular formula is C48H93NO5. The Morgan fingerprint density at radius 3 is 1.35 bits per heavy atom. The molecule has 6 nitrogen and oxygen atoms in total. The number of amides is 1. The molecule has 0 heterocycles. The van der Waals surface area contributed by atoms with Gasteiger partial charge in [-0.25, -0.2) is 0 Å². The van der Waals surface area contributed by atoms with E-state index in [0.29, 0.717) is 25.9 Å². The fourth-order valence-corrected chi connectivity index (χ4v) is 7.34. The van der Waals surface area contributed by atoms with Crippen molar-refractivity contribution in [3.63, 3.8) is 0 Å². The first kappa shape index (κ1) is 52.6. The summed E-state index contributed by atoms with van der Waals surface area (Å²) in [5, 5.41) is 23.1. The summed E-state index contributed by atoms with van der Waals surface area (Å²) >= 11 is 0. The van der Waals surface area contributed by atoms with Crippen LogP contribution in [0.4, 0.5) is 0 Å². The lowest BCUT2D eigenvalue weighted by molar-refractivity contribution is -0.143. The Morgan fingerprint density at radius 2 is 0.870 bits per heavy atom. The van der Waals surface area contributed by atoms with Crippen LogP contribution in [0.1, 0.15) is 258 Å². The molecule has 0 spiro atoms. The smallest absolute Gasteiger partial charge is 0.305 e. The molecule has 2 atom stereocenters. The van der Waals surface area contributed by atoms with Gasteiger partial charge in [-0.3, -0.25) is 9.59 Å². The monoisotopic (exact) mass is 764 g/mol. The number of nitrogens with one attached hydrogen (secondary N) is 1. The maximum atomic E-state index is 12.4. The Labute approximate surface area is 336 Å². The van der Waals surface area contributed by atoms with Crippen LogP contribution in [0, 0.1) is 0 Å². The Morgan fingerprint density at radius 1 is 0.500 bits per heavy atom. The van der Waals surface area contributed by atoms with E-state index in [-0.39, 0.29) is 18.5 Å². The maximum Gasteiger partial charge on any atom is 0.305 e. The minimum Gasteiger partial charge on any atom is -0.466 e. The molecule has 320 valence electrons. The average Bonchev–Trinajstić information content (AvgIpc) is 3.17. The van der Waals surface area contributed by atoms with Crippen LogP contribution in [0.2, 0.25) is 0 Å². The SMILES string of the molecule is CCCCC/C=C\CCCCCCCC(=O)OCCCCCCCCCCCCCCCCC(=O)NC(CO)C(O)CCCCCCCCCCCCC. The molecule has 0 radical (unpaired) electrons. The first-order chi connectivity index (χ1) is 26.5. The molecule has 6 heteroatoms. The summed E-state index contributed by atoms with van der Waals surface area (Å²) in [6, 6.07) is -0.547. The van der Waals surface area contributed by atoms with Crippen molar-refractivity contribution in [1.82, 2.24) is 5.32 Å². The van der Waals surface area contributed by atoms with Gasteiger partial charge in [0.2, 0.25) is 5.91 Å². The molecule has 0 fully saturated rings. The van der Waals surface area contributed by atoms with Crippen molar-refractivity contribution < 1.29 is 24.5 Å². The minimum atomic E-state index is -0.669. The zero-order chi connectivity index (χ0) is 39.4. The Bertz CT molecular complexity index is 802. The minimum absolute atomic E-state index is 0.0125. The van der Waals surface area contributed by atoms with Gasteiger partial charge in [0.1, 0.15) is 0 Å². The van der Waals surface area contributed by atoms with Gasteiger partial charge in [-0.05, 0) is 51.4 Å². The Hall–Kier alpha value is -1.40. The van der Waals surface area contributed by atoms with Gasteiger partial charge in [-0.15, -0.1) is 0 Å². The number of carbonyl (C=O) groups is 2. The van der Waals surface area contributed by atoms with E-state index in [0.717, 1.165) is 51.4 Å². The van der Waals surface area contributed by atoms with Crippen LogP contribution in [0.15, 0.2) is 12.2 Å². The van der Waals surface area contributed by atoms with Gasteiger partial charge in [0.15, 0.2) is 0 Å². The molecule has 0 aromatic heterocycles. The molecule has 0 aromatic carbocycles. The van der Waals surface area contributed by atoms with E-state index in [4.69, 9.17) is 4.74 Å². The van der Waals surface area contributed by atoms with E-state index >= 15 is 0 Å². The highest BCUT2D eigenvalue weighted by atomic mass is 16.5. The second-order valence-electron chi connectivity index (χ2n) is 16.4. The summed E-state index contributed by atoms with van der Waals surface area (Å²) in [7, 11) is 0. The summed E-state index contributed by atoms with van der Waals surface area (Å²) in [6.07, 6.45) is 48.8. The molecule has 0 aliphatic rings. The normalized spacial score (nSPS) is 12.7. The molecule has 0 saturated carbocycles. The third-order valence-corrected chi connectivity index (χ3v) is 11.1. The van der Waals surface area contributed by atoms with Gasteiger partial charge in [-0.1, -0.05) is 206 Å². The molecule has 0 aromatic rings.